The molecule has 0 aromatic rings. The van der Waals surface area contributed by atoms with E-state index in [1.165, 1.54) is 64.2 Å². The van der Waals surface area contributed by atoms with E-state index in [1.54, 1.807) is 0 Å². The van der Waals surface area contributed by atoms with Gasteiger partial charge in [-0.25, -0.2) is 0 Å². The van der Waals surface area contributed by atoms with Gasteiger partial charge >= 0.3 is 5.97 Å². The maximum Gasteiger partial charge on any atom is 0.303 e. The van der Waals surface area contributed by atoms with Gasteiger partial charge in [0, 0.05) is 6.42 Å². The zero-order chi connectivity index (χ0) is 19.9. The van der Waals surface area contributed by atoms with E-state index >= 15 is 0 Å². The van der Waals surface area contributed by atoms with E-state index in [0.29, 0.717) is 29.1 Å². The molecule has 4 aliphatic carbocycles. The molecule has 4 aliphatic rings. The van der Waals surface area contributed by atoms with E-state index < -0.39 is 5.97 Å². The lowest BCUT2D eigenvalue weighted by Gasteiger charge is -2.62. The van der Waals surface area contributed by atoms with E-state index in [2.05, 4.69) is 13.8 Å². The van der Waals surface area contributed by atoms with Crippen molar-refractivity contribution in [3.8, 4) is 0 Å². The Balaban J connectivity index is 1.43. The fourth-order valence-corrected chi connectivity index (χ4v) is 8.68. The predicted molar refractivity (Wildman–Crippen MR) is 112 cm³/mol. The zero-order valence-electron chi connectivity index (χ0n) is 18.2. The Morgan fingerprint density at radius 3 is 2.50 bits per heavy atom. The van der Waals surface area contributed by atoms with Crippen molar-refractivity contribution < 1.29 is 15.0 Å². The zero-order valence-corrected chi connectivity index (χ0v) is 18.2. The lowest BCUT2D eigenvalue weighted by atomic mass is 9.44. The number of hydrogen-bond acceptors (Lipinski definition) is 2. The van der Waals surface area contributed by atoms with E-state index in [1.807, 2.05) is 0 Å². The molecule has 0 saturated heterocycles. The number of carboxylic acids is 1. The molecular formula is C25H42O3. The van der Waals surface area contributed by atoms with Crippen LogP contribution in [0.4, 0.5) is 0 Å². The third kappa shape index (κ3) is 3.44. The minimum absolute atomic E-state index is 0.0693. The second kappa shape index (κ2) is 7.93. The number of aliphatic hydroxyl groups excluding tert-OH is 1. The van der Waals surface area contributed by atoms with Gasteiger partial charge in [-0.3, -0.25) is 4.79 Å². The van der Waals surface area contributed by atoms with Gasteiger partial charge in [-0.1, -0.05) is 39.5 Å². The van der Waals surface area contributed by atoms with E-state index in [-0.39, 0.29) is 6.10 Å². The third-order valence-electron chi connectivity index (χ3n) is 10.2. The first-order valence-electron chi connectivity index (χ1n) is 12.3. The summed E-state index contributed by atoms with van der Waals surface area (Å²) in [6.45, 7) is 5.13. The molecule has 0 spiro atoms. The van der Waals surface area contributed by atoms with Crippen LogP contribution in [0.5, 0.6) is 0 Å². The maximum atomic E-state index is 11.2. The molecule has 0 heterocycles. The molecule has 0 aliphatic heterocycles. The van der Waals surface area contributed by atoms with Crippen molar-refractivity contribution in [2.24, 2.45) is 40.4 Å². The molecule has 0 amide bonds. The Hall–Kier alpha value is -0.570. The molecule has 28 heavy (non-hydrogen) atoms. The van der Waals surface area contributed by atoms with Crippen LogP contribution in [-0.4, -0.2) is 22.3 Å². The summed E-state index contributed by atoms with van der Waals surface area (Å²) < 4.78 is 0. The van der Waals surface area contributed by atoms with Crippen molar-refractivity contribution in [3.05, 3.63) is 0 Å². The molecule has 160 valence electrons. The Labute approximate surface area is 171 Å². The number of unbranched alkanes of at least 4 members (excludes halogenated alkanes) is 2. The average Bonchev–Trinajstić information content (AvgIpc) is 2.98. The summed E-state index contributed by atoms with van der Waals surface area (Å²) in [5.74, 6) is 2.88. The van der Waals surface area contributed by atoms with E-state index in [4.69, 9.17) is 5.11 Å². The van der Waals surface area contributed by atoms with Crippen molar-refractivity contribution in [3.63, 3.8) is 0 Å². The van der Waals surface area contributed by atoms with Crippen LogP contribution in [0.2, 0.25) is 0 Å². The molecule has 0 bridgehead atoms. The summed E-state index contributed by atoms with van der Waals surface area (Å²) in [5.41, 5.74) is 0.894. The van der Waals surface area contributed by atoms with Gasteiger partial charge in [0.1, 0.15) is 0 Å². The highest BCUT2D eigenvalue weighted by atomic mass is 16.4. The van der Waals surface area contributed by atoms with Crippen LogP contribution in [0.3, 0.4) is 0 Å². The molecule has 3 heteroatoms. The van der Waals surface area contributed by atoms with Gasteiger partial charge in [-0.05, 0) is 98.2 Å². The number of aliphatic hydroxyl groups is 1. The summed E-state index contributed by atoms with van der Waals surface area (Å²) in [6.07, 6.45) is 16.5. The highest BCUT2D eigenvalue weighted by Crippen LogP contribution is 2.67. The smallest absolute Gasteiger partial charge is 0.303 e. The lowest BCUT2D eigenvalue weighted by molar-refractivity contribution is -0.162. The first-order chi connectivity index (χ1) is 13.4. The predicted octanol–water partition coefficient (Wildman–Crippen LogP) is 6.04. The molecule has 4 fully saturated rings. The molecule has 8 atom stereocenters. The fourth-order valence-electron chi connectivity index (χ4n) is 8.68. The fraction of sp³-hybridized carbons (Fsp3) is 0.960. The van der Waals surface area contributed by atoms with Crippen LogP contribution in [0, 0.1) is 40.4 Å². The minimum Gasteiger partial charge on any atom is -0.481 e. The van der Waals surface area contributed by atoms with Crippen LogP contribution in [0.25, 0.3) is 0 Å². The SMILES string of the molecule is C[C@]12CCC3C([C@@H](O)C[C@@H]4CCCC[C@]34C)[C@@H]1CC[C@@H]2CCCCCC(=O)O. The average molecular weight is 391 g/mol. The largest absolute Gasteiger partial charge is 0.481 e. The molecule has 4 rings (SSSR count). The standard InChI is InChI=1S/C25H42O3/c1-24-14-7-6-9-18(24)16-21(26)23-19-12-11-17(8-4-3-5-10-22(27)28)25(19,2)15-13-20(23)24/h17-21,23,26H,3-16H2,1-2H3,(H,27,28)/t17-,18-,19-,20?,21-,23?,24-,25+/m0/s1. The molecule has 2 unspecified atom stereocenters. The minimum atomic E-state index is -0.660. The van der Waals surface area contributed by atoms with Gasteiger partial charge in [0.2, 0.25) is 0 Å². The van der Waals surface area contributed by atoms with Crippen LogP contribution in [-0.2, 0) is 4.79 Å². The van der Waals surface area contributed by atoms with Gasteiger partial charge in [0.15, 0.2) is 0 Å². The number of hydrogen-bond donors (Lipinski definition) is 2. The lowest BCUT2D eigenvalue weighted by Crippen LogP contribution is -2.57. The number of rotatable bonds is 6. The summed E-state index contributed by atoms with van der Waals surface area (Å²) in [6, 6.07) is 0. The number of carbonyl (C=O) groups is 1. The number of fused-ring (bicyclic) bond motifs is 5. The highest BCUT2D eigenvalue weighted by molar-refractivity contribution is 5.66. The van der Waals surface area contributed by atoms with Gasteiger partial charge in [-0.15, -0.1) is 0 Å². The Bertz CT molecular complexity index is 574. The summed E-state index contributed by atoms with van der Waals surface area (Å²) in [4.78, 5) is 10.7. The van der Waals surface area contributed by atoms with Crippen LogP contribution < -0.4 is 0 Å². The molecular weight excluding hydrogens is 348 g/mol. The summed E-state index contributed by atoms with van der Waals surface area (Å²) in [7, 11) is 0. The van der Waals surface area contributed by atoms with Crippen molar-refractivity contribution >= 4 is 5.97 Å². The van der Waals surface area contributed by atoms with E-state index in [0.717, 1.165) is 37.0 Å². The molecule has 3 nitrogen and oxygen atoms in total. The van der Waals surface area contributed by atoms with Crippen molar-refractivity contribution in [1.82, 2.24) is 0 Å². The van der Waals surface area contributed by atoms with Gasteiger partial charge in [0.25, 0.3) is 0 Å². The Kier molecular flexibility index (Phi) is 5.86. The van der Waals surface area contributed by atoms with Crippen LogP contribution >= 0.6 is 0 Å². The number of aliphatic carboxylic acids is 1. The highest BCUT2D eigenvalue weighted by Gasteiger charge is 2.61. The quantitative estimate of drug-likeness (QED) is 0.543. The van der Waals surface area contributed by atoms with Gasteiger partial charge in [-0.2, -0.15) is 0 Å². The normalized spacial score (nSPS) is 47.8. The van der Waals surface area contributed by atoms with Crippen molar-refractivity contribution in [1.29, 1.82) is 0 Å². The first kappa shape index (κ1) is 20.7. The second-order valence-corrected chi connectivity index (χ2v) is 11.4. The Morgan fingerprint density at radius 1 is 0.929 bits per heavy atom. The molecule has 0 aromatic carbocycles. The van der Waals surface area contributed by atoms with Crippen LogP contribution in [0.1, 0.15) is 104 Å². The summed E-state index contributed by atoms with van der Waals surface area (Å²) in [5, 5.41) is 20.1. The van der Waals surface area contributed by atoms with E-state index in [9.17, 15) is 9.90 Å². The second-order valence-electron chi connectivity index (χ2n) is 11.4. The maximum absolute atomic E-state index is 11.2. The van der Waals surface area contributed by atoms with Gasteiger partial charge < -0.3 is 10.2 Å². The van der Waals surface area contributed by atoms with Crippen LogP contribution in [0.15, 0.2) is 0 Å². The van der Waals surface area contributed by atoms with Gasteiger partial charge in [0.05, 0.1) is 6.10 Å². The molecule has 0 aromatic heterocycles. The van der Waals surface area contributed by atoms with Crippen molar-refractivity contribution in [2.75, 3.05) is 0 Å². The Morgan fingerprint density at radius 2 is 1.71 bits per heavy atom. The first-order valence-corrected chi connectivity index (χ1v) is 12.3. The van der Waals surface area contributed by atoms with Crippen molar-refractivity contribution in [2.45, 2.75) is 110 Å². The third-order valence-corrected chi connectivity index (χ3v) is 10.2. The topological polar surface area (TPSA) is 57.5 Å². The summed E-state index contributed by atoms with van der Waals surface area (Å²) >= 11 is 0. The monoisotopic (exact) mass is 390 g/mol. The molecule has 2 N–H and O–H groups in total. The molecule has 4 saturated carbocycles. The number of carboxylic acid groups (broad SMARTS) is 1. The molecule has 0 radical (unpaired) electrons.